The van der Waals surface area contributed by atoms with Crippen molar-refractivity contribution in [3.8, 4) is 5.75 Å². The van der Waals surface area contributed by atoms with Gasteiger partial charge in [-0.2, -0.15) is 0 Å². The third-order valence-electron chi connectivity index (χ3n) is 13.7. The normalized spacial score (nSPS) is 14.5. The van der Waals surface area contributed by atoms with Gasteiger partial charge in [-0.15, -0.1) is 0 Å². The summed E-state index contributed by atoms with van der Waals surface area (Å²) in [7, 11) is 0. The predicted molar refractivity (Wildman–Crippen MR) is 312 cm³/mol. The minimum Gasteiger partial charge on any atom is -0.508 e. The van der Waals surface area contributed by atoms with Crippen LogP contribution in [0.2, 0.25) is 0 Å². The number of aliphatic imine (C=N–C) groups is 1. The number of aliphatic hydroxyl groups excluding tert-OH is 1. The van der Waals surface area contributed by atoms with Crippen molar-refractivity contribution in [2.45, 2.75) is 139 Å². The highest BCUT2D eigenvalue weighted by molar-refractivity contribution is 5.99. The Morgan fingerprint density at radius 2 is 1.07 bits per heavy atom. The number of hydrogen-bond donors (Lipinski definition) is 19. The number of guanidine groups is 1. The molecule has 0 aliphatic heterocycles. The van der Waals surface area contributed by atoms with Gasteiger partial charge in [0.25, 0.3) is 0 Å². The van der Waals surface area contributed by atoms with Crippen LogP contribution in [0.4, 0.5) is 0 Å². The number of H-pyrrole nitrogens is 3. The number of phenolic OH excluding ortho intramolecular Hbond substituents is 1. The van der Waals surface area contributed by atoms with Crippen molar-refractivity contribution < 1.29 is 73.2 Å². The van der Waals surface area contributed by atoms with Gasteiger partial charge in [0.05, 0.1) is 24.8 Å². The van der Waals surface area contributed by atoms with E-state index in [9.17, 15) is 73.2 Å². The molecule has 5 rings (SSSR count). The summed E-state index contributed by atoms with van der Waals surface area (Å²) in [6, 6.07) is -1.51. The highest BCUT2D eigenvalue weighted by Crippen LogP contribution is 2.20. The molecule has 2 aromatic carbocycles. The van der Waals surface area contributed by atoms with Gasteiger partial charge in [0.2, 0.25) is 53.2 Å². The molecule has 0 aliphatic carbocycles. The van der Waals surface area contributed by atoms with Gasteiger partial charge in [-0.05, 0) is 68.9 Å². The van der Waals surface area contributed by atoms with Crippen molar-refractivity contribution in [1.29, 1.82) is 0 Å². The molecule has 0 bridgehead atoms. The number of primary amides is 1. The number of aliphatic carboxylic acids is 2. The number of aromatic amines is 3. The van der Waals surface area contributed by atoms with Gasteiger partial charge in [0.15, 0.2) is 12.0 Å². The molecule has 3 aromatic heterocycles. The van der Waals surface area contributed by atoms with E-state index in [0.29, 0.717) is 33.4 Å². The molecule has 0 unspecified atom stereocenters. The standard InChI is InChI=1S/C55H74N18O15/c1-27(46(79)73-45(28(2)74)54(87)88)66-50(83)41(20-31-23-60-25-64-31)72-52(85)40(19-30-22-63-36-7-4-3-6-34(30)36)71-49(82)38(14-16-44(77)78)68-48(81)37(8-5-17-62-55(58)59)67-51(84)39(18-29-9-11-33(75)12-10-29)70-53(86)42(21-32-24-61-26-65-32)69-47(80)35(56)13-15-43(57)76/h3-4,6-7,9-12,22-28,35,37-42,45,63,74-75H,5,8,13-21,56H2,1-2H3,(H2,57,76)(H,60,64)(H,61,65)(H,66,83)(H,67,84)(H,68,81)(H,69,80)(H,70,86)(H,71,82)(H,72,85)(H,73,79)(H,77,78)(H,87,88)(H4,58,59,62)/t27-,28+,35-,37-,38-,39-,40-,41-,42-,45-/m0/s1. The van der Waals surface area contributed by atoms with Crippen LogP contribution in [-0.4, -0.2) is 183 Å². The van der Waals surface area contributed by atoms with Crippen LogP contribution in [0, 0.1) is 0 Å². The summed E-state index contributed by atoms with van der Waals surface area (Å²) in [6.45, 7) is 2.28. The highest BCUT2D eigenvalue weighted by atomic mass is 16.4. The van der Waals surface area contributed by atoms with Crippen molar-refractivity contribution in [2.75, 3.05) is 6.54 Å². The first-order valence-electron chi connectivity index (χ1n) is 27.7. The molecule has 0 aliphatic rings. The molecule has 0 saturated carbocycles. The van der Waals surface area contributed by atoms with E-state index in [2.05, 4.69) is 72.4 Å². The van der Waals surface area contributed by atoms with Crippen molar-refractivity contribution in [1.82, 2.24) is 67.5 Å². The number of carboxylic acids is 2. The lowest BCUT2D eigenvalue weighted by molar-refractivity contribution is -0.145. The number of fused-ring (bicyclic) bond motifs is 1. The smallest absolute Gasteiger partial charge is 0.328 e. The van der Waals surface area contributed by atoms with Crippen LogP contribution in [0.25, 0.3) is 10.9 Å². The van der Waals surface area contributed by atoms with E-state index < -0.39 is 138 Å². The number of aromatic nitrogens is 5. The van der Waals surface area contributed by atoms with E-state index in [4.69, 9.17) is 22.9 Å². The number of amides is 9. The van der Waals surface area contributed by atoms with Crippen molar-refractivity contribution >= 4 is 82.0 Å². The number of para-hydroxylation sites is 1. The van der Waals surface area contributed by atoms with Gasteiger partial charge in [-0.1, -0.05) is 30.3 Å². The minimum absolute atomic E-state index is 0.000131. The van der Waals surface area contributed by atoms with E-state index in [0.717, 1.165) is 6.92 Å². The molecule has 23 N–H and O–H groups in total. The second-order valence-corrected chi connectivity index (χ2v) is 20.7. The molecule has 0 saturated heterocycles. The summed E-state index contributed by atoms with van der Waals surface area (Å²) < 4.78 is 0. The predicted octanol–water partition coefficient (Wildman–Crippen LogP) is -4.53. The third kappa shape index (κ3) is 21.9. The second kappa shape index (κ2) is 33.3. The van der Waals surface area contributed by atoms with Crippen LogP contribution in [0.3, 0.4) is 0 Å². The Bertz CT molecular complexity index is 3240. The Morgan fingerprint density at radius 3 is 1.58 bits per heavy atom. The molecule has 88 heavy (non-hydrogen) atoms. The number of hydrogen-bond acceptors (Lipinski definition) is 17. The summed E-state index contributed by atoms with van der Waals surface area (Å²) in [6.07, 6.45) is 2.33. The first-order valence-corrected chi connectivity index (χ1v) is 27.7. The van der Waals surface area contributed by atoms with Crippen molar-refractivity contribution in [3.05, 3.63) is 102 Å². The average molecular weight is 1230 g/mol. The lowest BCUT2D eigenvalue weighted by Gasteiger charge is -2.28. The Labute approximate surface area is 502 Å². The number of nitrogens with two attached hydrogens (primary N) is 4. The van der Waals surface area contributed by atoms with Gasteiger partial charge in [0.1, 0.15) is 48.0 Å². The summed E-state index contributed by atoms with van der Waals surface area (Å²) in [4.78, 5) is 169. The molecular weight excluding hydrogens is 1150 g/mol. The molecule has 33 heteroatoms. The lowest BCUT2D eigenvalue weighted by atomic mass is 10.0. The van der Waals surface area contributed by atoms with Crippen LogP contribution < -0.4 is 65.5 Å². The number of phenols is 1. The Hall–Kier alpha value is -10.4. The fourth-order valence-electron chi connectivity index (χ4n) is 8.88. The van der Waals surface area contributed by atoms with Crippen molar-refractivity contribution in [2.24, 2.45) is 27.9 Å². The van der Waals surface area contributed by atoms with Crippen molar-refractivity contribution in [3.63, 3.8) is 0 Å². The molecule has 10 atom stereocenters. The van der Waals surface area contributed by atoms with Crippen LogP contribution in [0.15, 0.2) is 84.8 Å². The van der Waals surface area contributed by atoms with E-state index >= 15 is 0 Å². The van der Waals surface area contributed by atoms with E-state index in [1.54, 1.807) is 30.5 Å². The number of aromatic hydroxyl groups is 1. The largest absolute Gasteiger partial charge is 0.508 e. The quantitative estimate of drug-likeness (QED) is 0.0102. The molecule has 5 aromatic rings. The number of imidazole rings is 2. The maximum Gasteiger partial charge on any atom is 0.328 e. The lowest BCUT2D eigenvalue weighted by Crippen LogP contribution is -2.61. The summed E-state index contributed by atoms with van der Waals surface area (Å²) >= 11 is 0. The number of aliphatic hydroxyl groups is 1. The van der Waals surface area contributed by atoms with Gasteiger partial charge < -0.3 is 101 Å². The van der Waals surface area contributed by atoms with E-state index in [1.807, 2.05) is 0 Å². The summed E-state index contributed by atoms with van der Waals surface area (Å²) in [5, 5.41) is 60.0. The van der Waals surface area contributed by atoms with Gasteiger partial charge in [-0.3, -0.25) is 52.9 Å². The Morgan fingerprint density at radius 1 is 0.568 bits per heavy atom. The molecule has 0 spiro atoms. The maximum absolute atomic E-state index is 14.7. The van der Waals surface area contributed by atoms with Gasteiger partial charge in [0, 0.05) is 86.0 Å². The number of carbonyl (C=O) groups excluding carboxylic acids is 9. The number of nitrogens with one attached hydrogen (secondary N) is 11. The molecular formula is C55H74N18O15. The zero-order valence-corrected chi connectivity index (χ0v) is 48.0. The van der Waals surface area contributed by atoms with Crippen LogP contribution in [0.5, 0.6) is 5.75 Å². The van der Waals surface area contributed by atoms with Gasteiger partial charge >= 0.3 is 11.9 Å². The molecule has 0 fully saturated rings. The average Bonchev–Trinajstić information content (AvgIpc) is 3.80. The molecule has 474 valence electrons. The Balaban J connectivity index is 1.46. The molecule has 0 radical (unpaired) electrons. The number of nitrogens with zero attached hydrogens (tertiary/aromatic N) is 3. The summed E-state index contributed by atoms with van der Waals surface area (Å²) in [5.74, 6) is -12.0. The van der Waals surface area contributed by atoms with E-state index in [-0.39, 0.29) is 69.6 Å². The fraction of sp³-hybridized carbons (Fsp3) is 0.418. The SMILES string of the molecule is C[C@H](NC(=O)[C@H](Cc1cnc[nH]1)NC(=O)[C@H](Cc1c[nH]c2ccccc12)NC(=O)[C@H](CCC(=O)O)NC(=O)[C@H](CCCN=C(N)N)NC(=O)[C@H](Cc1ccc(O)cc1)NC(=O)[C@H](Cc1cnc[nH]1)NC(=O)[C@@H](N)CCC(N)=O)C(=O)N[C@H](C(=O)O)[C@@H](C)O. The third-order valence-corrected chi connectivity index (χ3v) is 13.7. The highest BCUT2D eigenvalue weighted by Gasteiger charge is 2.36. The molecule has 33 nitrogen and oxygen atoms in total. The molecule has 3 heterocycles. The summed E-state index contributed by atoms with van der Waals surface area (Å²) in [5.41, 5.74) is 24.6. The maximum atomic E-state index is 14.7. The van der Waals surface area contributed by atoms with Gasteiger partial charge in [-0.25, -0.2) is 14.8 Å². The number of carbonyl (C=O) groups is 11. The fourth-order valence-corrected chi connectivity index (χ4v) is 8.88. The minimum atomic E-state index is -1.77. The first kappa shape index (κ1) is 68.3. The Kier molecular flexibility index (Phi) is 25.9. The number of benzene rings is 2. The van der Waals surface area contributed by atoms with Crippen LogP contribution >= 0.6 is 0 Å². The zero-order valence-electron chi connectivity index (χ0n) is 48.0. The number of rotatable bonds is 36. The molecule has 9 amide bonds. The van der Waals surface area contributed by atoms with Crippen LogP contribution in [-0.2, 0) is 78.4 Å². The monoisotopic (exact) mass is 1230 g/mol. The van der Waals surface area contributed by atoms with E-state index in [1.165, 1.54) is 56.2 Å². The van der Waals surface area contributed by atoms with Crippen LogP contribution in [0.1, 0.15) is 74.9 Å². The zero-order chi connectivity index (χ0) is 64.6. The second-order valence-electron chi connectivity index (χ2n) is 20.7. The first-order chi connectivity index (χ1) is 41.8. The topological polar surface area (TPSA) is 555 Å². The number of carboxylic acid groups (broad SMARTS) is 2.